The Balaban J connectivity index is 1.31. The molecule has 2 heterocycles. The third-order valence-electron chi connectivity index (χ3n) is 5.27. The number of nitrogens with one attached hydrogen (secondary N) is 2. The third kappa shape index (κ3) is 4.50. The van der Waals surface area contributed by atoms with Gasteiger partial charge in [0, 0.05) is 24.3 Å². The fraction of sp³-hybridized carbons (Fsp3) is 0.318. The zero-order chi connectivity index (χ0) is 21.0. The minimum atomic E-state index is -0.519. The Hall–Kier alpha value is -3.23. The first kappa shape index (κ1) is 20.1. The van der Waals surface area contributed by atoms with Gasteiger partial charge in [-0.3, -0.25) is 15.6 Å². The Labute approximate surface area is 175 Å². The number of methoxy groups -OCH3 is 2. The topological polar surface area (TPSA) is 81.3 Å². The van der Waals surface area contributed by atoms with E-state index >= 15 is 0 Å². The molecule has 1 fully saturated rings. The summed E-state index contributed by atoms with van der Waals surface area (Å²) < 4.78 is 10.4. The summed E-state index contributed by atoms with van der Waals surface area (Å²) in [5.74, 6) is 1.52. The van der Waals surface area contributed by atoms with Crippen LogP contribution in [0.4, 0.5) is 10.5 Å². The fourth-order valence-electron chi connectivity index (χ4n) is 3.55. The smallest absolute Gasteiger partial charge is 0.430 e. The second-order valence-corrected chi connectivity index (χ2v) is 7.22. The second kappa shape index (κ2) is 8.64. The Morgan fingerprint density at radius 1 is 1.07 bits per heavy atom. The molecule has 30 heavy (non-hydrogen) atoms. The standard InChI is InChI=1S/C22H25N3O5/c1-27-18-8-6-17(7-9-18)23-21(26)29-25-12-10-22(11-13-25)15-20(24-30-22)16-4-3-5-19(14-16)28-2/h3-9,14-15,24H,10-13H2,1-2H3,(H,23,26). The van der Waals surface area contributed by atoms with Crippen molar-refractivity contribution in [1.29, 1.82) is 0 Å². The normalized spacial score (nSPS) is 17.7. The van der Waals surface area contributed by atoms with Gasteiger partial charge >= 0.3 is 6.09 Å². The van der Waals surface area contributed by atoms with Gasteiger partial charge in [-0.15, -0.1) is 5.06 Å². The van der Waals surface area contributed by atoms with Gasteiger partial charge in [-0.25, -0.2) is 4.79 Å². The number of amides is 1. The van der Waals surface area contributed by atoms with E-state index in [0.29, 0.717) is 31.6 Å². The highest BCUT2D eigenvalue weighted by Crippen LogP contribution is 2.35. The summed E-state index contributed by atoms with van der Waals surface area (Å²) in [4.78, 5) is 23.5. The maximum Gasteiger partial charge on any atom is 0.430 e. The molecule has 0 aromatic heterocycles. The van der Waals surface area contributed by atoms with Gasteiger partial charge in [0.15, 0.2) is 0 Å². The molecule has 0 aliphatic carbocycles. The number of nitrogens with zero attached hydrogens (tertiary/aromatic N) is 1. The van der Waals surface area contributed by atoms with Crippen molar-refractivity contribution in [1.82, 2.24) is 10.5 Å². The number of hydroxylamine groups is 3. The van der Waals surface area contributed by atoms with Crippen molar-refractivity contribution in [3.05, 3.63) is 60.2 Å². The first-order valence-corrected chi connectivity index (χ1v) is 9.78. The van der Waals surface area contributed by atoms with Gasteiger partial charge in [0.1, 0.15) is 17.1 Å². The van der Waals surface area contributed by atoms with Crippen molar-refractivity contribution < 1.29 is 23.9 Å². The Morgan fingerprint density at radius 2 is 1.80 bits per heavy atom. The molecule has 0 atom stereocenters. The number of ether oxygens (including phenoxy) is 2. The number of piperidine rings is 1. The number of benzene rings is 2. The number of hydrogen-bond donors (Lipinski definition) is 2. The number of hydrogen-bond acceptors (Lipinski definition) is 7. The van der Waals surface area contributed by atoms with E-state index in [4.69, 9.17) is 19.1 Å². The van der Waals surface area contributed by atoms with Crippen LogP contribution in [-0.4, -0.2) is 44.1 Å². The van der Waals surface area contributed by atoms with Crippen molar-refractivity contribution in [2.24, 2.45) is 0 Å². The van der Waals surface area contributed by atoms with Crippen molar-refractivity contribution in [2.75, 3.05) is 32.6 Å². The van der Waals surface area contributed by atoms with E-state index in [1.54, 1.807) is 43.5 Å². The zero-order valence-corrected chi connectivity index (χ0v) is 17.0. The molecule has 158 valence electrons. The van der Waals surface area contributed by atoms with Crippen LogP contribution in [0.5, 0.6) is 11.5 Å². The molecule has 2 aromatic carbocycles. The van der Waals surface area contributed by atoms with Crippen LogP contribution in [0.25, 0.3) is 5.70 Å². The van der Waals surface area contributed by atoms with Crippen molar-refractivity contribution in [3.8, 4) is 11.5 Å². The lowest BCUT2D eigenvalue weighted by molar-refractivity contribution is -0.153. The molecular weight excluding hydrogens is 386 g/mol. The van der Waals surface area contributed by atoms with Crippen LogP contribution in [-0.2, 0) is 9.68 Å². The summed E-state index contributed by atoms with van der Waals surface area (Å²) in [6.07, 6.45) is 2.98. The average Bonchev–Trinajstić information content (AvgIpc) is 3.20. The van der Waals surface area contributed by atoms with Crippen LogP contribution < -0.4 is 20.3 Å². The molecule has 2 aliphatic heterocycles. The van der Waals surface area contributed by atoms with E-state index in [9.17, 15) is 4.79 Å². The van der Waals surface area contributed by atoms with Crippen LogP contribution in [0, 0.1) is 0 Å². The zero-order valence-electron chi connectivity index (χ0n) is 17.0. The third-order valence-corrected chi connectivity index (χ3v) is 5.27. The summed E-state index contributed by atoms with van der Waals surface area (Å²) in [6, 6.07) is 14.9. The van der Waals surface area contributed by atoms with E-state index in [1.165, 1.54) is 0 Å². The summed E-state index contributed by atoms with van der Waals surface area (Å²) in [5.41, 5.74) is 5.19. The predicted octanol–water partition coefficient (Wildman–Crippen LogP) is 3.58. The van der Waals surface area contributed by atoms with Crippen molar-refractivity contribution >= 4 is 17.5 Å². The summed E-state index contributed by atoms with van der Waals surface area (Å²) in [5, 5.41) is 4.37. The molecule has 0 radical (unpaired) electrons. The molecule has 1 saturated heterocycles. The summed E-state index contributed by atoms with van der Waals surface area (Å²) in [7, 11) is 3.24. The van der Waals surface area contributed by atoms with Gasteiger partial charge in [-0.1, -0.05) is 12.1 Å². The maximum absolute atomic E-state index is 12.2. The van der Waals surface area contributed by atoms with Crippen LogP contribution in [0.1, 0.15) is 18.4 Å². The molecule has 0 unspecified atom stereocenters. The Kier molecular flexibility index (Phi) is 5.78. The lowest BCUT2D eigenvalue weighted by Gasteiger charge is -2.35. The monoisotopic (exact) mass is 411 g/mol. The van der Waals surface area contributed by atoms with E-state index in [1.807, 2.05) is 24.3 Å². The van der Waals surface area contributed by atoms with E-state index in [0.717, 1.165) is 22.8 Å². The minimum Gasteiger partial charge on any atom is -0.497 e. The maximum atomic E-state index is 12.2. The minimum absolute atomic E-state index is 0.412. The first-order chi connectivity index (χ1) is 14.6. The number of anilines is 1. The van der Waals surface area contributed by atoms with Gasteiger partial charge in [0.2, 0.25) is 0 Å². The largest absolute Gasteiger partial charge is 0.497 e. The lowest BCUT2D eigenvalue weighted by Crippen LogP contribution is -2.45. The Bertz CT molecular complexity index is 921. The molecule has 1 amide bonds. The van der Waals surface area contributed by atoms with Crippen LogP contribution >= 0.6 is 0 Å². The van der Waals surface area contributed by atoms with Crippen molar-refractivity contribution in [2.45, 2.75) is 18.4 Å². The Morgan fingerprint density at radius 3 is 2.50 bits per heavy atom. The molecule has 0 saturated carbocycles. The highest BCUT2D eigenvalue weighted by Gasteiger charge is 2.39. The highest BCUT2D eigenvalue weighted by molar-refractivity contribution is 5.84. The van der Waals surface area contributed by atoms with Gasteiger partial charge in [0.25, 0.3) is 0 Å². The fourth-order valence-corrected chi connectivity index (χ4v) is 3.55. The molecule has 2 N–H and O–H groups in total. The molecule has 4 rings (SSSR count). The first-order valence-electron chi connectivity index (χ1n) is 9.78. The van der Waals surface area contributed by atoms with Crippen LogP contribution in [0.15, 0.2) is 54.6 Å². The SMILES string of the molecule is COc1ccc(NC(=O)ON2CCC3(C=C(c4cccc(OC)c4)NO3)CC2)cc1. The molecular formula is C22H25N3O5. The lowest BCUT2D eigenvalue weighted by atomic mass is 9.91. The molecule has 8 heteroatoms. The van der Waals surface area contributed by atoms with Gasteiger partial charge < -0.3 is 14.3 Å². The van der Waals surface area contributed by atoms with Gasteiger partial charge in [0.05, 0.1) is 19.9 Å². The van der Waals surface area contributed by atoms with E-state index in [2.05, 4.69) is 16.9 Å². The summed E-state index contributed by atoms with van der Waals surface area (Å²) >= 11 is 0. The van der Waals surface area contributed by atoms with Gasteiger partial charge in [-0.2, -0.15) is 0 Å². The van der Waals surface area contributed by atoms with Crippen LogP contribution in [0.3, 0.4) is 0 Å². The predicted molar refractivity (Wildman–Crippen MR) is 112 cm³/mol. The number of carbonyl (C=O) groups is 1. The highest BCUT2D eigenvalue weighted by atomic mass is 16.7. The molecule has 8 nitrogen and oxygen atoms in total. The molecule has 0 bridgehead atoms. The van der Waals surface area contributed by atoms with Crippen LogP contribution in [0.2, 0.25) is 0 Å². The van der Waals surface area contributed by atoms with E-state index < -0.39 is 11.7 Å². The second-order valence-electron chi connectivity index (χ2n) is 7.22. The van der Waals surface area contributed by atoms with Gasteiger partial charge in [-0.05, 0) is 55.3 Å². The van der Waals surface area contributed by atoms with E-state index in [-0.39, 0.29) is 0 Å². The number of rotatable bonds is 5. The molecule has 1 spiro atoms. The summed E-state index contributed by atoms with van der Waals surface area (Å²) in [6.45, 7) is 1.14. The number of carbonyl (C=O) groups excluding carboxylic acids is 1. The quantitative estimate of drug-likeness (QED) is 0.778. The molecule has 2 aromatic rings. The average molecular weight is 411 g/mol. The molecule has 2 aliphatic rings. The van der Waals surface area contributed by atoms with Crippen molar-refractivity contribution in [3.63, 3.8) is 0 Å².